The summed E-state index contributed by atoms with van der Waals surface area (Å²) in [7, 11) is 0. The van der Waals surface area contributed by atoms with Gasteiger partial charge < -0.3 is 4.90 Å². The molecule has 6 aromatic rings. The fraction of sp³-hybridized carbons (Fsp3) is 0.122. The highest BCUT2D eigenvalue weighted by Crippen LogP contribution is 2.52. The van der Waals surface area contributed by atoms with Crippen LogP contribution in [0.4, 0.5) is 17.1 Å². The van der Waals surface area contributed by atoms with E-state index >= 15 is 0 Å². The minimum atomic E-state index is -0.0999. The molecule has 8 rings (SSSR count). The van der Waals surface area contributed by atoms with Gasteiger partial charge in [0, 0.05) is 11.1 Å². The monoisotopic (exact) mass is 607 g/mol. The average molecular weight is 609 g/mol. The molecule has 2 aliphatic rings. The Morgan fingerprint density at radius 3 is 1.52 bits per heavy atom. The predicted octanol–water partition coefficient (Wildman–Crippen LogP) is 12.2. The van der Waals surface area contributed by atoms with Crippen LogP contribution in [0.3, 0.4) is 0 Å². The fourth-order valence-electron chi connectivity index (χ4n) is 7.34. The van der Waals surface area contributed by atoms with Gasteiger partial charge >= 0.3 is 0 Å². The Morgan fingerprint density at radius 1 is 0.477 bits per heavy atom. The normalized spacial score (nSPS) is 14.3. The average Bonchev–Trinajstić information content (AvgIpc) is 3.05. The van der Waals surface area contributed by atoms with Gasteiger partial charge in [-0.25, -0.2) is 0 Å². The van der Waals surface area contributed by atoms with E-state index in [2.05, 4.69) is 140 Å². The highest BCUT2D eigenvalue weighted by molar-refractivity contribution is 6.42. The van der Waals surface area contributed by atoms with Crippen molar-refractivity contribution in [1.29, 1.82) is 0 Å². The van der Waals surface area contributed by atoms with Gasteiger partial charge in [-0.2, -0.15) is 0 Å². The maximum absolute atomic E-state index is 6.60. The standard InChI is InChI=1S/C41H31Cl2N/c1-41(2)35-15-7-9-17-39(35)44(40-18-10-8-16-36(40)41)28-22-21-26-19-20-27-23-37(42)38(43)25-34(27)32-14-6-4-12-30(32)29-11-3-5-13-31(29)33(26)24-28/h3-18,21-25H,19-20H2,1-2H3. The second-order valence-corrected chi connectivity index (χ2v) is 13.2. The first kappa shape index (κ1) is 27.3. The van der Waals surface area contributed by atoms with Crippen molar-refractivity contribution in [2.24, 2.45) is 0 Å². The van der Waals surface area contributed by atoms with E-state index in [1.54, 1.807) is 0 Å². The Labute approximate surface area is 269 Å². The smallest absolute Gasteiger partial charge is 0.0598 e. The molecule has 0 unspecified atom stereocenters. The van der Waals surface area contributed by atoms with Crippen molar-refractivity contribution in [1.82, 2.24) is 0 Å². The minimum absolute atomic E-state index is 0.0999. The summed E-state index contributed by atoms with van der Waals surface area (Å²) in [5.74, 6) is 0. The number of anilines is 3. The van der Waals surface area contributed by atoms with Gasteiger partial charge in [0.25, 0.3) is 0 Å². The Morgan fingerprint density at radius 2 is 0.932 bits per heavy atom. The van der Waals surface area contributed by atoms with Crippen LogP contribution in [0.15, 0.2) is 127 Å². The molecule has 6 aromatic carbocycles. The van der Waals surface area contributed by atoms with Crippen LogP contribution in [0, 0.1) is 0 Å². The molecule has 214 valence electrons. The fourth-order valence-corrected chi connectivity index (χ4v) is 7.69. The van der Waals surface area contributed by atoms with Crippen molar-refractivity contribution in [3.8, 4) is 33.4 Å². The van der Waals surface area contributed by atoms with E-state index in [1.807, 2.05) is 6.07 Å². The number of nitrogens with zero attached hydrogens (tertiary/aromatic N) is 1. The van der Waals surface area contributed by atoms with Gasteiger partial charge in [0.05, 0.1) is 21.4 Å². The number of para-hydroxylation sites is 2. The van der Waals surface area contributed by atoms with Gasteiger partial charge in [-0.3, -0.25) is 0 Å². The van der Waals surface area contributed by atoms with Gasteiger partial charge in [-0.15, -0.1) is 0 Å². The van der Waals surface area contributed by atoms with Crippen LogP contribution in [-0.2, 0) is 18.3 Å². The maximum Gasteiger partial charge on any atom is 0.0598 e. The van der Waals surface area contributed by atoms with E-state index in [4.69, 9.17) is 23.2 Å². The molecule has 1 aliphatic heterocycles. The molecule has 0 spiro atoms. The number of benzene rings is 6. The molecular formula is C41H31Cl2N. The third kappa shape index (κ3) is 4.22. The third-order valence-electron chi connectivity index (χ3n) is 9.52. The zero-order valence-electron chi connectivity index (χ0n) is 24.7. The van der Waals surface area contributed by atoms with Crippen LogP contribution in [0.25, 0.3) is 33.4 Å². The molecule has 0 bridgehead atoms. The molecule has 44 heavy (non-hydrogen) atoms. The van der Waals surface area contributed by atoms with Crippen molar-refractivity contribution in [2.75, 3.05) is 4.90 Å². The Kier molecular flexibility index (Phi) is 6.45. The number of rotatable bonds is 1. The third-order valence-corrected chi connectivity index (χ3v) is 10.2. The first-order valence-electron chi connectivity index (χ1n) is 15.2. The molecule has 0 atom stereocenters. The summed E-state index contributed by atoms with van der Waals surface area (Å²) in [6, 6.07) is 46.3. The van der Waals surface area contributed by atoms with Gasteiger partial charge in [-0.05, 0) is 105 Å². The molecule has 0 saturated carbocycles. The van der Waals surface area contributed by atoms with Gasteiger partial charge in [0.1, 0.15) is 0 Å². The SMILES string of the molecule is CC1(C)c2ccccc2N(c2ccc3c(c2)-c2ccccc2-c2ccccc2-c2cc(Cl)c(Cl)cc2CC3)c2ccccc21. The summed E-state index contributed by atoms with van der Waals surface area (Å²) in [6.07, 6.45) is 1.75. The zero-order chi connectivity index (χ0) is 30.0. The van der Waals surface area contributed by atoms with Crippen LogP contribution in [-0.4, -0.2) is 0 Å². The second-order valence-electron chi connectivity index (χ2n) is 12.4. The topological polar surface area (TPSA) is 3.24 Å². The molecule has 0 radical (unpaired) electrons. The minimum Gasteiger partial charge on any atom is -0.310 e. The van der Waals surface area contributed by atoms with E-state index in [9.17, 15) is 0 Å². The van der Waals surface area contributed by atoms with Crippen molar-refractivity contribution in [2.45, 2.75) is 32.1 Å². The first-order chi connectivity index (χ1) is 21.4. The lowest BCUT2D eigenvalue weighted by molar-refractivity contribution is 0.632. The first-order valence-corrected chi connectivity index (χ1v) is 16.0. The number of hydrogen-bond acceptors (Lipinski definition) is 1. The van der Waals surface area contributed by atoms with E-state index in [-0.39, 0.29) is 5.41 Å². The van der Waals surface area contributed by atoms with E-state index in [1.165, 1.54) is 61.4 Å². The second kappa shape index (κ2) is 10.4. The van der Waals surface area contributed by atoms with E-state index in [0.29, 0.717) is 10.0 Å². The number of aryl methyl sites for hydroxylation is 2. The van der Waals surface area contributed by atoms with Crippen molar-refractivity contribution in [3.63, 3.8) is 0 Å². The van der Waals surface area contributed by atoms with Gasteiger partial charge in [0.2, 0.25) is 0 Å². The van der Waals surface area contributed by atoms with E-state index in [0.717, 1.165) is 24.1 Å². The summed E-state index contributed by atoms with van der Waals surface area (Å²) >= 11 is 13.2. The lowest BCUT2D eigenvalue weighted by Gasteiger charge is -2.42. The molecule has 0 aromatic heterocycles. The highest BCUT2D eigenvalue weighted by atomic mass is 35.5. The number of hydrogen-bond donors (Lipinski definition) is 0. The maximum atomic E-state index is 6.60. The van der Waals surface area contributed by atoms with Crippen molar-refractivity contribution >= 4 is 40.3 Å². The van der Waals surface area contributed by atoms with Crippen LogP contribution in [0.5, 0.6) is 0 Å². The summed E-state index contributed by atoms with van der Waals surface area (Å²) in [5.41, 5.74) is 15.9. The quantitative estimate of drug-likeness (QED) is 0.180. The summed E-state index contributed by atoms with van der Waals surface area (Å²) in [4.78, 5) is 2.45. The molecule has 0 fully saturated rings. The van der Waals surface area contributed by atoms with Crippen molar-refractivity contribution < 1.29 is 0 Å². The molecule has 1 nitrogen and oxygen atoms in total. The Hall–Kier alpha value is -4.30. The van der Waals surface area contributed by atoms with Crippen LogP contribution >= 0.6 is 23.2 Å². The van der Waals surface area contributed by atoms with Gasteiger partial charge in [-0.1, -0.05) is 128 Å². The summed E-state index contributed by atoms with van der Waals surface area (Å²) in [5, 5.41) is 1.18. The molecule has 0 saturated heterocycles. The number of fused-ring (bicyclic) bond motifs is 9. The molecule has 1 aliphatic carbocycles. The lowest BCUT2D eigenvalue weighted by Crippen LogP contribution is -2.30. The lowest BCUT2D eigenvalue weighted by atomic mass is 9.73. The van der Waals surface area contributed by atoms with Crippen LogP contribution in [0.2, 0.25) is 10.0 Å². The molecule has 0 amide bonds. The van der Waals surface area contributed by atoms with Crippen molar-refractivity contribution in [3.05, 3.63) is 160 Å². The summed E-state index contributed by atoms with van der Waals surface area (Å²) < 4.78 is 0. The predicted molar refractivity (Wildman–Crippen MR) is 187 cm³/mol. The Balaban J connectivity index is 1.38. The number of halogens is 2. The highest BCUT2D eigenvalue weighted by Gasteiger charge is 2.36. The molecular weight excluding hydrogens is 577 g/mol. The van der Waals surface area contributed by atoms with Gasteiger partial charge in [0.15, 0.2) is 0 Å². The van der Waals surface area contributed by atoms with Crippen LogP contribution < -0.4 is 4.90 Å². The largest absolute Gasteiger partial charge is 0.310 e. The van der Waals surface area contributed by atoms with Crippen LogP contribution in [0.1, 0.15) is 36.1 Å². The molecule has 0 N–H and O–H groups in total. The Bertz CT molecular complexity index is 2040. The molecule has 3 heteroatoms. The molecule has 1 heterocycles. The zero-order valence-corrected chi connectivity index (χ0v) is 26.3. The van der Waals surface area contributed by atoms with E-state index < -0.39 is 0 Å². The summed E-state index contributed by atoms with van der Waals surface area (Å²) in [6.45, 7) is 4.67.